The first kappa shape index (κ1) is 32.6. The fraction of sp³-hybridized carbons (Fsp3) is 0.270. The van der Waals surface area contributed by atoms with E-state index in [1.165, 1.54) is 12.1 Å². The molecule has 1 N–H and O–H groups in total. The molecule has 0 bridgehead atoms. The molecule has 0 amide bonds. The number of rotatable bonds is 13. The van der Waals surface area contributed by atoms with Gasteiger partial charge in [-0.15, -0.1) is 0 Å². The lowest BCUT2D eigenvalue weighted by Crippen LogP contribution is -2.27. The van der Waals surface area contributed by atoms with Gasteiger partial charge in [0.15, 0.2) is 0 Å². The molecule has 0 radical (unpaired) electrons. The largest absolute Gasteiger partial charge is 0.488 e. The highest BCUT2D eigenvalue weighted by atomic mass is 32.2. The van der Waals surface area contributed by atoms with Crippen molar-refractivity contribution in [3.63, 3.8) is 0 Å². The fourth-order valence-corrected chi connectivity index (χ4v) is 6.12. The number of hydrogen-bond acceptors (Lipinski definition) is 5. The Balaban J connectivity index is 1.52. The number of ether oxygens (including phenoxy) is 2. The van der Waals surface area contributed by atoms with Crippen LogP contribution in [0.5, 0.6) is 17.2 Å². The van der Waals surface area contributed by atoms with E-state index in [-0.39, 0.29) is 21.8 Å². The lowest BCUT2D eigenvalue weighted by molar-refractivity contribution is -0.137. The number of allylic oxidation sites excluding steroid dienone is 1. The van der Waals surface area contributed by atoms with Gasteiger partial charge in [0.25, 0.3) is 0 Å². The van der Waals surface area contributed by atoms with Crippen molar-refractivity contribution in [3.05, 3.63) is 120 Å². The van der Waals surface area contributed by atoms with E-state index in [2.05, 4.69) is 13.5 Å². The highest BCUT2D eigenvalue weighted by Crippen LogP contribution is 2.39. The predicted octanol–water partition coefficient (Wildman–Crippen LogP) is 9.08. The first-order chi connectivity index (χ1) is 20.7. The fourth-order valence-electron chi connectivity index (χ4n) is 4.86. The van der Waals surface area contributed by atoms with Crippen molar-refractivity contribution in [2.24, 2.45) is 0 Å². The summed E-state index contributed by atoms with van der Waals surface area (Å²) in [6.45, 7) is 14.0. The predicted molar refractivity (Wildman–Crippen MR) is 174 cm³/mol. The van der Waals surface area contributed by atoms with Gasteiger partial charge in [0.05, 0.1) is 9.79 Å². The van der Waals surface area contributed by atoms with Gasteiger partial charge in [-0.2, -0.15) is 0 Å². The molecule has 4 rings (SSSR count). The summed E-state index contributed by atoms with van der Waals surface area (Å²) in [4.78, 5) is 11.9. The second-order valence-electron chi connectivity index (χ2n) is 11.9. The van der Waals surface area contributed by atoms with Crippen molar-refractivity contribution in [1.82, 2.24) is 0 Å². The molecular weight excluding hydrogens is 572 g/mol. The molecule has 0 aliphatic carbocycles. The summed E-state index contributed by atoms with van der Waals surface area (Å²) in [5, 5.41) is 9.46. The van der Waals surface area contributed by atoms with Gasteiger partial charge in [0.2, 0.25) is 9.84 Å². The molecule has 7 heteroatoms. The van der Waals surface area contributed by atoms with Crippen LogP contribution in [0.1, 0.15) is 70.6 Å². The van der Waals surface area contributed by atoms with Crippen LogP contribution < -0.4 is 9.47 Å². The number of carboxylic acid groups (broad SMARTS) is 1. The van der Waals surface area contributed by atoms with Crippen LogP contribution in [0, 0.1) is 0 Å². The Hall–Kier alpha value is -4.36. The lowest BCUT2D eigenvalue weighted by Gasteiger charge is -2.31. The van der Waals surface area contributed by atoms with Gasteiger partial charge in [0.1, 0.15) is 22.8 Å². The smallest absolute Gasteiger partial charge is 0.303 e. The Labute approximate surface area is 260 Å². The summed E-state index contributed by atoms with van der Waals surface area (Å²) in [5.74, 6) is 0.985. The molecule has 4 aromatic rings. The van der Waals surface area contributed by atoms with Crippen LogP contribution in [0.15, 0.2) is 113 Å². The first-order valence-electron chi connectivity index (χ1n) is 14.6. The van der Waals surface area contributed by atoms with Crippen LogP contribution in [0.4, 0.5) is 0 Å². The monoisotopic (exact) mass is 612 g/mol. The third kappa shape index (κ3) is 7.58. The van der Waals surface area contributed by atoms with Crippen LogP contribution in [0.25, 0.3) is 5.57 Å². The molecule has 0 saturated carbocycles. The maximum Gasteiger partial charge on any atom is 0.303 e. The van der Waals surface area contributed by atoms with E-state index in [0.29, 0.717) is 17.9 Å². The van der Waals surface area contributed by atoms with Gasteiger partial charge in [-0.25, -0.2) is 8.42 Å². The zero-order valence-electron chi connectivity index (χ0n) is 26.0. The molecular formula is C37H40O6S. The maximum atomic E-state index is 13.1. The van der Waals surface area contributed by atoms with Crippen molar-refractivity contribution in [3.8, 4) is 17.2 Å². The van der Waals surface area contributed by atoms with Crippen molar-refractivity contribution in [1.29, 1.82) is 0 Å². The third-order valence-corrected chi connectivity index (χ3v) is 9.88. The highest BCUT2D eigenvalue weighted by Gasteiger charge is 2.30. The molecule has 0 spiro atoms. The summed E-state index contributed by atoms with van der Waals surface area (Å²) >= 11 is 0. The van der Waals surface area contributed by atoms with E-state index in [9.17, 15) is 18.3 Å². The normalized spacial score (nSPS) is 13.1. The Kier molecular flexibility index (Phi) is 9.69. The number of benzene rings is 4. The topological polar surface area (TPSA) is 89.9 Å². The van der Waals surface area contributed by atoms with Gasteiger partial charge in [0, 0.05) is 11.8 Å². The quantitative estimate of drug-likeness (QED) is 0.162. The summed E-state index contributed by atoms with van der Waals surface area (Å²) in [6.07, 6.45) is 1.30. The summed E-state index contributed by atoms with van der Waals surface area (Å²) in [7, 11) is -3.68. The lowest BCUT2D eigenvalue weighted by atomic mass is 9.73. The van der Waals surface area contributed by atoms with Crippen molar-refractivity contribution >= 4 is 21.4 Å². The van der Waals surface area contributed by atoms with Crippen LogP contribution in [0.3, 0.4) is 0 Å². The summed E-state index contributed by atoms with van der Waals surface area (Å²) in [6, 6.07) is 28.4. The van der Waals surface area contributed by atoms with E-state index in [1.807, 2.05) is 76.2 Å². The molecule has 1 unspecified atom stereocenters. The molecule has 0 aliphatic rings. The van der Waals surface area contributed by atoms with Crippen LogP contribution in [-0.2, 0) is 20.0 Å². The minimum Gasteiger partial charge on any atom is -0.488 e. The molecule has 0 aromatic heterocycles. The second-order valence-corrected chi connectivity index (χ2v) is 13.8. The van der Waals surface area contributed by atoms with E-state index in [4.69, 9.17) is 9.47 Å². The number of aliphatic carboxylic acids is 1. The average Bonchev–Trinajstić information content (AvgIpc) is 3.00. The van der Waals surface area contributed by atoms with Gasteiger partial charge in [-0.3, -0.25) is 4.79 Å². The van der Waals surface area contributed by atoms with Crippen LogP contribution >= 0.6 is 0 Å². The highest BCUT2D eigenvalue weighted by molar-refractivity contribution is 7.91. The van der Waals surface area contributed by atoms with Gasteiger partial charge >= 0.3 is 5.97 Å². The van der Waals surface area contributed by atoms with Crippen LogP contribution in [0.2, 0.25) is 0 Å². The molecule has 0 aliphatic heterocycles. The first-order valence-corrected chi connectivity index (χ1v) is 16.1. The van der Waals surface area contributed by atoms with E-state index >= 15 is 0 Å². The van der Waals surface area contributed by atoms with Crippen LogP contribution in [-0.4, -0.2) is 25.1 Å². The van der Waals surface area contributed by atoms with Gasteiger partial charge in [-0.1, -0.05) is 62.4 Å². The average molecular weight is 613 g/mol. The summed E-state index contributed by atoms with van der Waals surface area (Å²) < 4.78 is 38.4. The van der Waals surface area contributed by atoms with Gasteiger partial charge < -0.3 is 14.6 Å². The molecule has 4 aromatic carbocycles. The second kappa shape index (κ2) is 13.1. The standard InChI is InChI=1S/C37H40O6S/c1-7-36(4,5)43-32-16-12-29(13-17-32)37(6,25-24-35(38)39)28-10-14-30(15-11-28)42-31-18-22-34(23-19-31)44(40,41)33-20-8-27(9-21-33)26(2)3/h8-23H,2,7,24-25H2,1,3-6H3,(H,38,39). The van der Waals surface area contributed by atoms with Crippen molar-refractivity contribution in [2.45, 2.75) is 74.7 Å². The van der Waals surface area contributed by atoms with E-state index < -0.39 is 21.2 Å². The Bertz CT molecular complexity index is 1700. The van der Waals surface area contributed by atoms with E-state index in [1.54, 1.807) is 36.4 Å². The molecule has 0 fully saturated rings. The minimum atomic E-state index is -3.68. The third-order valence-electron chi connectivity index (χ3n) is 8.09. The number of carboxylic acids is 1. The molecule has 44 heavy (non-hydrogen) atoms. The number of hydrogen-bond donors (Lipinski definition) is 1. The molecule has 0 saturated heterocycles. The SMILES string of the molecule is C=C(C)c1ccc(S(=O)(=O)c2ccc(Oc3ccc(C(C)(CCC(=O)O)c4ccc(OC(C)(C)CC)cc4)cc3)cc2)cc1. The molecule has 1 atom stereocenters. The van der Waals surface area contributed by atoms with Gasteiger partial charge in [-0.05, 0) is 111 Å². The van der Waals surface area contributed by atoms with Crippen molar-refractivity contribution < 1.29 is 27.8 Å². The Morgan fingerprint density at radius 1 is 0.750 bits per heavy atom. The van der Waals surface area contributed by atoms with Crippen molar-refractivity contribution in [2.75, 3.05) is 0 Å². The Morgan fingerprint density at radius 2 is 1.18 bits per heavy atom. The molecule has 0 heterocycles. The number of sulfone groups is 1. The number of carbonyl (C=O) groups is 1. The van der Waals surface area contributed by atoms with E-state index in [0.717, 1.165) is 34.4 Å². The maximum absolute atomic E-state index is 13.1. The minimum absolute atomic E-state index is 0.0170. The zero-order valence-corrected chi connectivity index (χ0v) is 26.8. The molecule has 6 nitrogen and oxygen atoms in total. The molecule has 230 valence electrons. The Morgan fingerprint density at radius 3 is 1.61 bits per heavy atom. The zero-order chi connectivity index (χ0) is 32.1. The summed E-state index contributed by atoms with van der Waals surface area (Å²) in [5.41, 5.74) is 2.85.